The van der Waals surface area contributed by atoms with Crippen LogP contribution in [0.15, 0.2) is 30.3 Å². The number of hydrogen-bond acceptors (Lipinski definition) is 7. The highest BCUT2D eigenvalue weighted by Crippen LogP contribution is 2.34. The second kappa shape index (κ2) is 9.70. The van der Waals surface area contributed by atoms with Crippen LogP contribution >= 0.6 is 11.3 Å². The molecule has 0 spiro atoms. The standard InChI is InChI=1S/C20H21NO6S/c1-5-27-14-9-6-13(7-10-14)8-11-15(22)21-18-16(19(23)25-3)12(2)17(28-18)20(24)26-4/h6-11H,5H2,1-4H3,(H,21,22)/b11-8+. The number of nitrogens with one attached hydrogen (secondary N) is 1. The molecular weight excluding hydrogens is 382 g/mol. The molecule has 2 rings (SSSR count). The molecule has 0 saturated carbocycles. The maximum absolute atomic E-state index is 12.3. The van der Waals surface area contributed by atoms with Gasteiger partial charge in [-0.1, -0.05) is 12.1 Å². The molecule has 28 heavy (non-hydrogen) atoms. The first-order chi connectivity index (χ1) is 13.4. The first-order valence-corrected chi connectivity index (χ1v) is 9.24. The zero-order valence-electron chi connectivity index (χ0n) is 16.0. The molecule has 7 nitrogen and oxygen atoms in total. The highest BCUT2D eigenvalue weighted by molar-refractivity contribution is 7.18. The number of esters is 2. The van der Waals surface area contributed by atoms with Crippen molar-refractivity contribution in [2.75, 3.05) is 26.1 Å². The predicted molar refractivity (Wildman–Crippen MR) is 107 cm³/mol. The Kier molecular flexibility index (Phi) is 7.34. The van der Waals surface area contributed by atoms with Gasteiger partial charge in [0.25, 0.3) is 0 Å². The van der Waals surface area contributed by atoms with Gasteiger partial charge in [0.15, 0.2) is 0 Å². The van der Waals surface area contributed by atoms with Crippen LogP contribution in [0.5, 0.6) is 5.75 Å². The minimum absolute atomic E-state index is 0.135. The third-order valence-electron chi connectivity index (χ3n) is 3.76. The van der Waals surface area contributed by atoms with Gasteiger partial charge in [0.2, 0.25) is 5.91 Å². The normalized spacial score (nSPS) is 10.6. The Hall–Kier alpha value is -3.13. The van der Waals surface area contributed by atoms with Crippen LogP contribution < -0.4 is 10.1 Å². The Morgan fingerprint density at radius 2 is 1.71 bits per heavy atom. The number of ether oxygens (including phenoxy) is 3. The number of anilines is 1. The molecule has 0 saturated heterocycles. The summed E-state index contributed by atoms with van der Waals surface area (Å²) in [6.07, 6.45) is 2.97. The van der Waals surface area contributed by atoms with Crippen molar-refractivity contribution in [2.24, 2.45) is 0 Å². The monoisotopic (exact) mass is 403 g/mol. The molecule has 0 bridgehead atoms. The lowest BCUT2D eigenvalue weighted by molar-refractivity contribution is -0.111. The topological polar surface area (TPSA) is 90.9 Å². The largest absolute Gasteiger partial charge is 0.494 e. The lowest BCUT2D eigenvalue weighted by Gasteiger charge is -2.04. The Bertz CT molecular complexity index is 898. The van der Waals surface area contributed by atoms with Gasteiger partial charge in [-0.05, 0) is 43.2 Å². The summed E-state index contributed by atoms with van der Waals surface area (Å²) >= 11 is 0.962. The minimum atomic E-state index is -0.644. The zero-order chi connectivity index (χ0) is 20.7. The summed E-state index contributed by atoms with van der Waals surface area (Å²) in [6.45, 7) is 4.08. The van der Waals surface area contributed by atoms with Crippen LogP contribution in [0.4, 0.5) is 5.00 Å². The van der Waals surface area contributed by atoms with Crippen LogP contribution in [0.2, 0.25) is 0 Å². The van der Waals surface area contributed by atoms with Gasteiger partial charge in [0, 0.05) is 6.08 Å². The molecule has 0 atom stereocenters. The first-order valence-electron chi connectivity index (χ1n) is 8.43. The third kappa shape index (κ3) is 4.98. The highest BCUT2D eigenvalue weighted by atomic mass is 32.1. The van der Waals surface area contributed by atoms with Crippen molar-refractivity contribution in [2.45, 2.75) is 13.8 Å². The molecule has 1 aromatic carbocycles. The number of thiophene rings is 1. The molecule has 0 fully saturated rings. The van der Waals surface area contributed by atoms with Gasteiger partial charge in [-0.2, -0.15) is 0 Å². The minimum Gasteiger partial charge on any atom is -0.494 e. The molecule has 148 valence electrons. The molecule has 0 aliphatic heterocycles. The summed E-state index contributed by atoms with van der Waals surface area (Å²) in [5, 5.41) is 2.86. The van der Waals surface area contributed by atoms with Crippen LogP contribution in [0, 0.1) is 6.92 Å². The molecule has 1 heterocycles. The van der Waals surface area contributed by atoms with E-state index in [-0.39, 0.29) is 15.4 Å². The van der Waals surface area contributed by atoms with E-state index in [9.17, 15) is 14.4 Å². The Labute approximate surface area is 166 Å². The molecule has 0 aliphatic carbocycles. The Morgan fingerprint density at radius 1 is 1.07 bits per heavy atom. The summed E-state index contributed by atoms with van der Waals surface area (Å²) in [7, 11) is 2.48. The SMILES string of the molecule is CCOc1ccc(/C=C/C(=O)Nc2sc(C(=O)OC)c(C)c2C(=O)OC)cc1. The number of amides is 1. The quantitative estimate of drug-likeness (QED) is 0.560. The van der Waals surface area contributed by atoms with Gasteiger partial charge in [-0.3, -0.25) is 4.79 Å². The van der Waals surface area contributed by atoms with Crippen LogP contribution in [0.1, 0.15) is 38.1 Å². The molecule has 0 unspecified atom stereocenters. The zero-order valence-corrected chi connectivity index (χ0v) is 16.8. The summed E-state index contributed by atoms with van der Waals surface area (Å²) in [5.74, 6) is -0.930. The van der Waals surface area contributed by atoms with E-state index in [1.54, 1.807) is 13.0 Å². The lowest BCUT2D eigenvalue weighted by Crippen LogP contribution is -2.11. The number of rotatable bonds is 7. The van der Waals surface area contributed by atoms with Gasteiger partial charge < -0.3 is 19.5 Å². The maximum Gasteiger partial charge on any atom is 0.348 e. The average molecular weight is 403 g/mol. The van der Waals surface area contributed by atoms with Crippen molar-refractivity contribution in [3.05, 3.63) is 51.9 Å². The first kappa shape index (κ1) is 21.2. The number of hydrogen-bond donors (Lipinski definition) is 1. The third-order valence-corrected chi connectivity index (χ3v) is 4.95. The number of benzene rings is 1. The molecular formula is C20H21NO6S. The van der Waals surface area contributed by atoms with E-state index in [2.05, 4.69) is 5.32 Å². The number of methoxy groups -OCH3 is 2. The van der Waals surface area contributed by atoms with Gasteiger partial charge >= 0.3 is 11.9 Å². The van der Waals surface area contributed by atoms with Crippen molar-refractivity contribution >= 4 is 40.3 Å². The molecule has 2 aromatic rings. The Morgan fingerprint density at radius 3 is 2.29 bits per heavy atom. The predicted octanol–water partition coefficient (Wildman–Crippen LogP) is 3.68. The van der Waals surface area contributed by atoms with Crippen molar-refractivity contribution < 1.29 is 28.6 Å². The van der Waals surface area contributed by atoms with Crippen molar-refractivity contribution in [1.82, 2.24) is 0 Å². The van der Waals surface area contributed by atoms with Gasteiger partial charge in [-0.25, -0.2) is 9.59 Å². The van der Waals surface area contributed by atoms with Crippen molar-refractivity contribution in [3.63, 3.8) is 0 Å². The average Bonchev–Trinajstić information content (AvgIpc) is 3.02. The molecule has 8 heteroatoms. The van der Waals surface area contributed by atoms with Crippen LogP contribution in [-0.4, -0.2) is 38.7 Å². The smallest absolute Gasteiger partial charge is 0.348 e. The van der Waals surface area contributed by atoms with Crippen molar-refractivity contribution in [3.8, 4) is 5.75 Å². The van der Waals surface area contributed by atoms with Crippen molar-refractivity contribution in [1.29, 1.82) is 0 Å². The molecule has 0 radical (unpaired) electrons. The van der Waals surface area contributed by atoms with Gasteiger partial charge in [0.1, 0.15) is 15.6 Å². The molecule has 1 N–H and O–H groups in total. The fourth-order valence-corrected chi connectivity index (χ4v) is 3.52. The van der Waals surface area contributed by atoms with E-state index in [0.717, 1.165) is 22.6 Å². The van der Waals surface area contributed by atoms with E-state index in [4.69, 9.17) is 14.2 Å². The second-order valence-corrected chi connectivity index (χ2v) is 6.59. The maximum atomic E-state index is 12.3. The van der Waals surface area contributed by atoms with E-state index in [1.165, 1.54) is 20.3 Å². The number of carbonyl (C=O) groups is 3. The fraction of sp³-hybridized carbons (Fsp3) is 0.250. The second-order valence-electron chi connectivity index (χ2n) is 5.57. The fourth-order valence-electron chi connectivity index (χ4n) is 2.40. The highest BCUT2D eigenvalue weighted by Gasteiger charge is 2.26. The summed E-state index contributed by atoms with van der Waals surface area (Å²) in [5.41, 5.74) is 1.34. The van der Waals surface area contributed by atoms with E-state index >= 15 is 0 Å². The summed E-state index contributed by atoms with van der Waals surface area (Å²) < 4.78 is 14.8. The number of carbonyl (C=O) groups excluding carboxylic acids is 3. The van der Waals surface area contributed by atoms with Crippen LogP contribution in [0.25, 0.3) is 6.08 Å². The van der Waals surface area contributed by atoms with Gasteiger partial charge in [0.05, 0.1) is 26.4 Å². The Balaban J connectivity index is 2.20. The molecule has 1 amide bonds. The summed E-state index contributed by atoms with van der Waals surface area (Å²) in [4.78, 5) is 36.5. The lowest BCUT2D eigenvalue weighted by atomic mass is 10.1. The van der Waals surface area contributed by atoms with E-state index < -0.39 is 17.8 Å². The molecule has 0 aliphatic rings. The van der Waals surface area contributed by atoms with E-state index in [1.807, 2.05) is 31.2 Å². The molecule has 1 aromatic heterocycles. The van der Waals surface area contributed by atoms with Crippen LogP contribution in [0.3, 0.4) is 0 Å². The van der Waals surface area contributed by atoms with Gasteiger partial charge in [-0.15, -0.1) is 11.3 Å². The summed E-state index contributed by atoms with van der Waals surface area (Å²) in [6, 6.07) is 7.25. The van der Waals surface area contributed by atoms with E-state index in [0.29, 0.717) is 12.2 Å². The van der Waals surface area contributed by atoms with Crippen LogP contribution in [-0.2, 0) is 14.3 Å².